The molecule has 154 valence electrons. The van der Waals surface area contributed by atoms with E-state index in [1.54, 1.807) is 6.20 Å². The molecule has 2 aliphatic heterocycles. The number of hydrogen-bond donors (Lipinski definition) is 0. The van der Waals surface area contributed by atoms with Crippen molar-refractivity contribution in [3.63, 3.8) is 0 Å². The van der Waals surface area contributed by atoms with Gasteiger partial charge in [0.15, 0.2) is 0 Å². The fraction of sp³-hybridized carbons (Fsp3) is 0.478. The molecule has 1 aromatic heterocycles. The van der Waals surface area contributed by atoms with Crippen LogP contribution >= 0.6 is 0 Å². The summed E-state index contributed by atoms with van der Waals surface area (Å²) in [6.45, 7) is 11.7. The fourth-order valence-electron chi connectivity index (χ4n) is 4.15. The number of carbonyl (C=O) groups excluding carboxylic acids is 1. The molecule has 4 rings (SSSR count). The minimum atomic E-state index is 0.125. The molecule has 0 aliphatic carbocycles. The number of nitrogens with zero attached hydrogens (tertiary/aromatic N) is 5. The number of aromatic nitrogens is 1. The zero-order valence-corrected chi connectivity index (χ0v) is 17.3. The van der Waals surface area contributed by atoms with Gasteiger partial charge >= 0.3 is 0 Å². The Balaban J connectivity index is 1.33. The molecule has 2 saturated heterocycles. The average Bonchev–Trinajstić information content (AvgIpc) is 2.80. The first-order valence-electron chi connectivity index (χ1n) is 10.7. The van der Waals surface area contributed by atoms with Crippen LogP contribution in [0.15, 0.2) is 48.7 Å². The van der Waals surface area contributed by atoms with E-state index in [4.69, 9.17) is 0 Å². The van der Waals surface area contributed by atoms with E-state index in [1.165, 1.54) is 5.56 Å². The van der Waals surface area contributed by atoms with Crippen molar-refractivity contribution < 1.29 is 4.79 Å². The zero-order valence-electron chi connectivity index (χ0n) is 17.3. The molecule has 6 heteroatoms. The maximum Gasteiger partial charge on any atom is 0.254 e. The molecule has 0 saturated carbocycles. The summed E-state index contributed by atoms with van der Waals surface area (Å²) in [5.74, 6) is 1.05. The van der Waals surface area contributed by atoms with Gasteiger partial charge in [-0.1, -0.05) is 37.3 Å². The molecule has 6 nitrogen and oxygen atoms in total. The summed E-state index contributed by atoms with van der Waals surface area (Å²) in [6.07, 6.45) is 1.78. The van der Waals surface area contributed by atoms with E-state index in [1.807, 2.05) is 23.1 Å². The third kappa shape index (κ3) is 4.95. The van der Waals surface area contributed by atoms with E-state index >= 15 is 0 Å². The van der Waals surface area contributed by atoms with Crippen LogP contribution in [-0.4, -0.2) is 84.5 Å². The minimum absolute atomic E-state index is 0.125. The summed E-state index contributed by atoms with van der Waals surface area (Å²) < 4.78 is 0. The summed E-state index contributed by atoms with van der Waals surface area (Å²) in [7, 11) is 0. The molecule has 1 amide bonds. The van der Waals surface area contributed by atoms with E-state index in [0.717, 1.165) is 76.8 Å². The lowest BCUT2D eigenvalue weighted by atomic mass is 10.1. The molecule has 0 N–H and O–H groups in total. The number of pyridine rings is 1. The number of hydrogen-bond acceptors (Lipinski definition) is 5. The van der Waals surface area contributed by atoms with Crippen molar-refractivity contribution in [2.75, 3.05) is 63.8 Å². The second-order valence-corrected chi connectivity index (χ2v) is 7.88. The van der Waals surface area contributed by atoms with Crippen LogP contribution in [0.4, 0.5) is 5.82 Å². The van der Waals surface area contributed by atoms with Crippen LogP contribution in [0, 0.1) is 0 Å². The van der Waals surface area contributed by atoms with Crippen molar-refractivity contribution in [3.05, 3.63) is 59.8 Å². The van der Waals surface area contributed by atoms with Gasteiger partial charge in [-0.3, -0.25) is 9.69 Å². The first-order valence-corrected chi connectivity index (χ1v) is 10.7. The lowest BCUT2D eigenvalue weighted by Crippen LogP contribution is -2.48. The second-order valence-electron chi connectivity index (χ2n) is 7.88. The topological polar surface area (TPSA) is 42.9 Å². The number of carbonyl (C=O) groups is 1. The summed E-state index contributed by atoms with van der Waals surface area (Å²) >= 11 is 0. The Kier molecular flexibility index (Phi) is 6.42. The molecule has 2 aliphatic rings. The summed E-state index contributed by atoms with van der Waals surface area (Å²) in [5, 5.41) is 0. The first kappa shape index (κ1) is 19.9. The van der Waals surface area contributed by atoms with Crippen LogP contribution in [-0.2, 0) is 6.54 Å². The highest BCUT2D eigenvalue weighted by atomic mass is 16.2. The van der Waals surface area contributed by atoms with Crippen LogP contribution in [0.2, 0.25) is 0 Å². The zero-order chi connectivity index (χ0) is 20.1. The standard InChI is InChI=1S/C23H31N5O/c1-2-25-10-14-27(15-11-25)22-18-21(8-9-24-22)23(29)28-16-12-26(13-17-28)19-20-6-4-3-5-7-20/h3-9,18H,2,10-17,19H2,1H3. The maximum absolute atomic E-state index is 13.1. The summed E-state index contributed by atoms with van der Waals surface area (Å²) in [4.78, 5) is 26.7. The van der Waals surface area contributed by atoms with Gasteiger partial charge in [0, 0.05) is 70.7 Å². The number of likely N-dealkylation sites (N-methyl/N-ethyl adjacent to an activating group) is 1. The Morgan fingerprint density at radius 2 is 1.59 bits per heavy atom. The number of anilines is 1. The molecule has 2 aromatic rings. The van der Waals surface area contributed by atoms with Crippen LogP contribution in [0.25, 0.3) is 0 Å². The predicted octanol–water partition coefficient (Wildman–Crippen LogP) is 2.18. The highest BCUT2D eigenvalue weighted by Crippen LogP contribution is 2.17. The van der Waals surface area contributed by atoms with Gasteiger partial charge in [0.2, 0.25) is 0 Å². The number of piperazine rings is 2. The molecule has 2 fully saturated rings. The lowest BCUT2D eigenvalue weighted by molar-refractivity contribution is 0.0628. The number of amides is 1. The molecule has 0 unspecified atom stereocenters. The van der Waals surface area contributed by atoms with Gasteiger partial charge < -0.3 is 14.7 Å². The first-order chi connectivity index (χ1) is 14.2. The third-order valence-corrected chi connectivity index (χ3v) is 6.04. The minimum Gasteiger partial charge on any atom is -0.354 e. The Bertz CT molecular complexity index is 796. The Labute approximate surface area is 173 Å². The predicted molar refractivity (Wildman–Crippen MR) is 116 cm³/mol. The van der Waals surface area contributed by atoms with Crippen molar-refractivity contribution in [2.24, 2.45) is 0 Å². The number of benzene rings is 1. The Morgan fingerprint density at radius 3 is 2.28 bits per heavy atom. The van der Waals surface area contributed by atoms with Crippen LogP contribution in [0.3, 0.4) is 0 Å². The highest BCUT2D eigenvalue weighted by Gasteiger charge is 2.23. The van der Waals surface area contributed by atoms with Crippen LogP contribution < -0.4 is 4.90 Å². The van der Waals surface area contributed by atoms with Gasteiger partial charge in [-0.15, -0.1) is 0 Å². The van der Waals surface area contributed by atoms with Crippen molar-refractivity contribution in [3.8, 4) is 0 Å². The average molecular weight is 394 g/mol. The van der Waals surface area contributed by atoms with Crippen molar-refractivity contribution in [1.29, 1.82) is 0 Å². The third-order valence-electron chi connectivity index (χ3n) is 6.04. The molecule has 0 spiro atoms. The molecule has 0 bridgehead atoms. The van der Waals surface area contributed by atoms with E-state index in [9.17, 15) is 4.79 Å². The highest BCUT2D eigenvalue weighted by molar-refractivity contribution is 5.95. The molecule has 3 heterocycles. The lowest BCUT2D eigenvalue weighted by Gasteiger charge is -2.36. The molecular formula is C23H31N5O. The van der Waals surface area contributed by atoms with Crippen molar-refractivity contribution in [1.82, 2.24) is 19.7 Å². The fourth-order valence-corrected chi connectivity index (χ4v) is 4.15. The SMILES string of the molecule is CCN1CCN(c2cc(C(=O)N3CCN(Cc4ccccc4)CC3)ccn2)CC1. The van der Waals surface area contributed by atoms with E-state index in [2.05, 4.69) is 50.9 Å². The maximum atomic E-state index is 13.1. The van der Waals surface area contributed by atoms with Crippen molar-refractivity contribution >= 4 is 11.7 Å². The van der Waals surface area contributed by atoms with Crippen molar-refractivity contribution in [2.45, 2.75) is 13.5 Å². The van der Waals surface area contributed by atoms with E-state index in [-0.39, 0.29) is 5.91 Å². The van der Waals surface area contributed by atoms with Gasteiger partial charge in [0.05, 0.1) is 0 Å². The van der Waals surface area contributed by atoms with E-state index < -0.39 is 0 Å². The van der Waals surface area contributed by atoms with Crippen LogP contribution in [0.1, 0.15) is 22.8 Å². The molecule has 29 heavy (non-hydrogen) atoms. The quantitative estimate of drug-likeness (QED) is 0.779. The molecule has 0 atom stereocenters. The van der Waals surface area contributed by atoms with Gasteiger partial charge in [0.25, 0.3) is 5.91 Å². The Morgan fingerprint density at radius 1 is 0.897 bits per heavy atom. The molecule has 0 radical (unpaired) electrons. The normalized spacial score (nSPS) is 18.8. The van der Waals surface area contributed by atoms with E-state index in [0.29, 0.717) is 0 Å². The van der Waals surface area contributed by atoms with Gasteiger partial charge in [-0.2, -0.15) is 0 Å². The summed E-state index contributed by atoms with van der Waals surface area (Å²) in [6, 6.07) is 14.4. The second kappa shape index (κ2) is 9.37. The monoisotopic (exact) mass is 393 g/mol. The van der Waals surface area contributed by atoms with Gasteiger partial charge in [-0.05, 0) is 24.2 Å². The summed E-state index contributed by atoms with van der Waals surface area (Å²) in [5.41, 5.74) is 2.08. The van der Waals surface area contributed by atoms with Gasteiger partial charge in [-0.25, -0.2) is 4.98 Å². The Hall–Kier alpha value is -2.44. The number of rotatable bonds is 5. The largest absolute Gasteiger partial charge is 0.354 e. The smallest absolute Gasteiger partial charge is 0.254 e. The molecular weight excluding hydrogens is 362 g/mol. The van der Waals surface area contributed by atoms with Crippen LogP contribution in [0.5, 0.6) is 0 Å². The van der Waals surface area contributed by atoms with Gasteiger partial charge in [0.1, 0.15) is 5.82 Å². The molecule has 1 aromatic carbocycles.